The number of likely N-dealkylation sites (tertiary alicyclic amines) is 1. The molecule has 1 aliphatic rings. The highest BCUT2D eigenvalue weighted by molar-refractivity contribution is 5.92. The van der Waals surface area contributed by atoms with Gasteiger partial charge in [0.25, 0.3) is 0 Å². The van der Waals surface area contributed by atoms with Gasteiger partial charge >= 0.3 is 0 Å². The van der Waals surface area contributed by atoms with Crippen molar-refractivity contribution in [3.05, 3.63) is 46.9 Å². The lowest BCUT2D eigenvalue weighted by Gasteiger charge is -2.31. The van der Waals surface area contributed by atoms with E-state index in [1.54, 1.807) is 19.3 Å². The summed E-state index contributed by atoms with van der Waals surface area (Å²) in [5.74, 6) is 1.92. The number of piperidine rings is 1. The molecule has 1 N–H and O–H groups in total. The Hall–Kier alpha value is -2.80. The van der Waals surface area contributed by atoms with Crippen molar-refractivity contribution in [1.29, 1.82) is 0 Å². The van der Waals surface area contributed by atoms with Crippen LogP contribution in [-0.2, 0) is 11.4 Å². The highest BCUT2D eigenvalue weighted by Crippen LogP contribution is 2.30. The Morgan fingerprint density at radius 3 is 2.71 bits per heavy atom. The second-order valence-corrected chi connectivity index (χ2v) is 7.96. The first-order chi connectivity index (χ1) is 15.0. The van der Waals surface area contributed by atoms with E-state index >= 15 is 0 Å². The molecule has 1 saturated heterocycles. The predicted molar refractivity (Wildman–Crippen MR) is 120 cm³/mol. The minimum absolute atomic E-state index is 0.0633. The van der Waals surface area contributed by atoms with Crippen molar-refractivity contribution in [2.75, 3.05) is 26.7 Å². The SMILES string of the molecule is CCCN1CCC(NC(=O)/C=C/c2ccc(OCc3c(C)noc3C)c(OC)c2)CC1. The van der Waals surface area contributed by atoms with Crippen LogP contribution in [0.2, 0.25) is 0 Å². The van der Waals surface area contributed by atoms with Gasteiger partial charge < -0.3 is 24.2 Å². The lowest BCUT2D eigenvalue weighted by atomic mass is 10.0. The third-order valence-electron chi connectivity index (χ3n) is 5.64. The summed E-state index contributed by atoms with van der Waals surface area (Å²) >= 11 is 0. The van der Waals surface area contributed by atoms with E-state index in [9.17, 15) is 4.79 Å². The number of ether oxygens (including phenoxy) is 2. The zero-order chi connectivity index (χ0) is 22.2. The van der Waals surface area contributed by atoms with Crippen LogP contribution in [0.1, 0.15) is 48.8 Å². The van der Waals surface area contributed by atoms with E-state index in [0.717, 1.165) is 55.1 Å². The molecule has 1 amide bonds. The number of methoxy groups -OCH3 is 1. The second-order valence-electron chi connectivity index (χ2n) is 7.96. The van der Waals surface area contributed by atoms with Gasteiger partial charge in [0.2, 0.25) is 5.91 Å². The summed E-state index contributed by atoms with van der Waals surface area (Å²) in [5, 5.41) is 7.06. The van der Waals surface area contributed by atoms with Gasteiger partial charge in [0.05, 0.1) is 18.4 Å². The molecule has 0 radical (unpaired) electrons. The van der Waals surface area contributed by atoms with Crippen molar-refractivity contribution >= 4 is 12.0 Å². The first-order valence-electron chi connectivity index (χ1n) is 10.9. The van der Waals surface area contributed by atoms with Gasteiger partial charge in [-0.25, -0.2) is 0 Å². The van der Waals surface area contributed by atoms with Crippen LogP contribution in [0.25, 0.3) is 6.08 Å². The quantitative estimate of drug-likeness (QED) is 0.612. The van der Waals surface area contributed by atoms with Gasteiger partial charge in [-0.1, -0.05) is 18.1 Å². The van der Waals surface area contributed by atoms with Crippen LogP contribution in [0.4, 0.5) is 0 Å². The monoisotopic (exact) mass is 427 g/mol. The van der Waals surface area contributed by atoms with Gasteiger partial charge in [0.15, 0.2) is 11.5 Å². The first-order valence-corrected chi connectivity index (χ1v) is 10.9. The number of amides is 1. The molecule has 0 saturated carbocycles. The van der Waals surface area contributed by atoms with Gasteiger partial charge in [0, 0.05) is 25.2 Å². The summed E-state index contributed by atoms with van der Waals surface area (Å²) in [6, 6.07) is 5.85. The van der Waals surface area contributed by atoms with Crippen molar-refractivity contribution in [3.63, 3.8) is 0 Å². The van der Waals surface area contributed by atoms with Crippen molar-refractivity contribution in [2.45, 2.75) is 52.7 Å². The standard InChI is InChI=1S/C24H33N3O4/c1-5-12-27-13-10-20(11-14-27)25-24(28)9-7-19-6-8-22(23(15-19)29-4)30-16-21-17(2)26-31-18(21)3/h6-9,15,20H,5,10-14,16H2,1-4H3,(H,25,28)/b9-7+. The molecule has 0 atom stereocenters. The molecule has 168 valence electrons. The molecule has 7 nitrogen and oxygen atoms in total. The lowest BCUT2D eigenvalue weighted by Crippen LogP contribution is -2.44. The topological polar surface area (TPSA) is 76.8 Å². The van der Waals surface area contributed by atoms with Crippen LogP contribution in [0.15, 0.2) is 28.8 Å². The summed E-state index contributed by atoms with van der Waals surface area (Å²) < 4.78 is 16.6. The molecule has 1 fully saturated rings. The van der Waals surface area contributed by atoms with E-state index in [2.05, 4.69) is 22.3 Å². The molecule has 1 aromatic carbocycles. The molecular formula is C24H33N3O4. The van der Waals surface area contributed by atoms with Crippen molar-refractivity contribution in [3.8, 4) is 11.5 Å². The Bertz CT molecular complexity index is 879. The fourth-order valence-electron chi connectivity index (χ4n) is 3.80. The first kappa shape index (κ1) is 22.9. The van der Waals surface area contributed by atoms with Gasteiger partial charge in [-0.15, -0.1) is 0 Å². The van der Waals surface area contributed by atoms with Gasteiger partial charge in [0.1, 0.15) is 12.4 Å². The summed E-state index contributed by atoms with van der Waals surface area (Å²) in [6.45, 7) is 9.55. The maximum atomic E-state index is 12.3. The van der Waals surface area contributed by atoms with Crippen molar-refractivity contribution in [1.82, 2.24) is 15.4 Å². The number of hydrogen-bond donors (Lipinski definition) is 1. The molecule has 1 aliphatic heterocycles. The average Bonchev–Trinajstić information content (AvgIpc) is 3.10. The van der Waals surface area contributed by atoms with Crippen molar-refractivity contribution in [2.24, 2.45) is 0 Å². The summed E-state index contributed by atoms with van der Waals surface area (Å²) in [4.78, 5) is 14.8. The van der Waals surface area contributed by atoms with Crippen LogP contribution in [0, 0.1) is 13.8 Å². The molecule has 1 aromatic heterocycles. The molecule has 0 spiro atoms. The van der Waals surface area contributed by atoms with E-state index in [4.69, 9.17) is 14.0 Å². The van der Waals surface area contributed by atoms with Gasteiger partial charge in [-0.05, 0) is 63.4 Å². The number of benzene rings is 1. The maximum Gasteiger partial charge on any atom is 0.244 e. The second kappa shape index (κ2) is 11.0. The molecule has 2 heterocycles. The molecule has 0 aliphatic carbocycles. The third-order valence-corrected chi connectivity index (χ3v) is 5.64. The molecule has 2 aromatic rings. The van der Waals surface area contributed by atoms with E-state index in [0.29, 0.717) is 18.1 Å². The minimum atomic E-state index is -0.0633. The number of nitrogens with zero attached hydrogens (tertiary/aromatic N) is 2. The van der Waals surface area contributed by atoms with Crippen LogP contribution in [0.5, 0.6) is 11.5 Å². The van der Waals surface area contributed by atoms with Crippen molar-refractivity contribution < 1.29 is 18.8 Å². The number of rotatable bonds is 9. The Balaban J connectivity index is 1.54. The summed E-state index contributed by atoms with van der Waals surface area (Å²) in [7, 11) is 1.60. The Kier molecular flexibility index (Phi) is 8.12. The number of carbonyl (C=O) groups excluding carboxylic acids is 1. The highest BCUT2D eigenvalue weighted by Gasteiger charge is 2.19. The van der Waals surface area contributed by atoms with E-state index in [-0.39, 0.29) is 11.9 Å². The Morgan fingerprint density at radius 1 is 1.29 bits per heavy atom. The Labute approximate surface area is 184 Å². The summed E-state index contributed by atoms with van der Waals surface area (Å²) in [6.07, 6.45) is 6.56. The number of hydrogen-bond acceptors (Lipinski definition) is 6. The van der Waals surface area contributed by atoms with E-state index in [1.165, 1.54) is 6.42 Å². The fraction of sp³-hybridized carbons (Fsp3) is 0.500. The van der Waals surface area contributed by atoms with Gasteiger partial charge in [-0.2, -0.15) is 0 Å². The van der Waals surface area contributed by atoms with Crippen LogP contribution in [0.3, 0.4) is 0 Å². The summed E-state index contributed by atoms with van der Waals surface area (Å²) in [5.41, 5.74) is 2.62. The molecule has 3 rings (SSSR count). The third kappa shape index (κ3) is 6.34. The average molecular weight is 428 g/mol. The number of aromatic nitrogens is 1. The molecule has 0 unspecified atom stereocenters. The zero-order valence-electron chi connectivity index (χ0n) is 18.9. The number of carbonyl (C=O) groups is 1. The highest BCUT2D eigenvalue weighted by atomic mass is 16.5. The van der Waals surface area contributed by atoms with E-state index in [1.807, 2.05) is 32.0 Å². The number of nitrogens with one attached hydrogen (secondary N) is 1. The van der Waals surface area contributed by atoms with Gasteiger partial charge in [-0.3, -0.25) is 4.79 Å². The zero-order valence-corrected chi connectivity index (χ0v) is 18.9. The van der Waals surface area contributed by atoms with E-state index < -0.39 is 0 Å². The fourth-order valence-corrected chi connectivity index (χ4v) is 3.80. The molecular weight excluding hydrogens is 394 g/mol. The number of aryl methyl sites for hydroxylation is 2. The lowest BCUT2D eigenvalue weighted by molar-refractivity contribution is -0.117. The molecule has 0 bridgehead atoms. The van der Waals surface area contributed by atoms with Crippen LogP contribution >= 0.6 is 0 Å². The normalized spacial score (nSPS) is 15.4. The minimum Gasteiger partial charge on any atom is -0.493 e. The molecule has 7 heteroatoms. The molecule has 31 heavy (non-hydrogen) atoms. The predicted octanol–water partition coefficient (Wildman–Crippen LogP) is 3.88. The largest absolute Gasteiger partial charge is 0.493 e. The van der Waals surface area contributed by atoms with Crippen LogP contribution in [-0.4, -0.2) is 48.7 Å². The smallest absolute Gasteiger partial charge is 0.244 e. The van der Waals surface area contributed by atoms with Crippen LogP contribution < -0.4 is 14.8 Å². The Morgan fingerprint density at radius 2 is 2.06 bits per heavy atom. The maximum absolute atomic E-state index is 12.3.